The maximum Gasteiger partial charge on any atom is 0.0116 e. The molecule has 2 unspecified atom stereocenters. The summed E-state index contributed by atoms with van der Waals surface area (Å²) < 4.78 is 0. The van der Waals surface area contributed by atoms with Gasteiger partial charge in [-0.3, -0.25) is 0 Å². The van der Waals surface area contributed by atoms with Crippen molar-refractivity contribution in [2.75, 3.05) is 6.54 Å². The molecule has 0 radical (unpaired) electrons. The Labute approximate surface area is 103 Å². The molecule has 0 saturated carbocycles. The molecule has 16 heavy (non-hydrogen) atoms. The van der Waals surface area contributed by atoms with Gasteiger partial charge in [0.15, 0.2) is 0 Å². The molecule has 1 heteroatoms. The Morgan fingerprint density at radius 2 is 1.62 bits per heavy atom. The lowest BCUT2D eigenvalue weighted by Gasteiger charge is -2.34. The van der Waals surface area contributed by atoms with Crippen LogP contribution < -0.4 is 5.32 Å². The quantitative estimate of drug-likeness (QED) is 0.645. The van der Waals surface area contributed by atoms with E-state index >= 15 is 0 Å². The van der Waals surface area contributed by atoms with Gasteiger partial charge in [0.2, 0.25) is 0 Å². The Bertz CT molecular complexity index is 172. The number of nitrogens with one attached hydrogen (secondary N) is 1. The predicted molar refractivity (Wildman–Crippen MR) is 74.8 cm³/mol. The second kappa shape index (κ2) is 7.32. The van der Waals surface area contributed by atoms with Gasteiger partial charge >= 0.3 is 0 Å². The smallest absolute Gasteiger partial charge is 0.0116 e. The zero-order valence-electron chi connectivity index (χ0n) is 12.6. The van der Waals surface area contributed by atoms with E-state index in [0.717, 1.165) is 11.8 Å². The first-order valence-corrected chi connectivity index (χ1v) is 7.06. The van der Waals surface area contributed by atoms with Crippen molar-refractivity contribution in [1.82, 2.24) is 5.32 Å². The van der Waals surface area contributed by atoms with Gasteiger partial charge in [0.1, 0.15) is 0 Å². The molecule has 0 amide bonds. The van der Waals surface area contributed by atoms with Gasteiger partial charge in [-0.2, -0.15) is 0 Å². The maximum absolute atomic E-state index is 3.77. The van der Waals surface area contributed by atoms with E-state index in [-0.39, 0.29) is 0 Å². The van der Waals surface area contributed by atoms with Crippen molar-refractivity contribution in [1.29, 1.82) is 0 Å². The van der Waals surface area contributed by atoms with Crippen LogP contribution in [0.1, 0.15) is 67.7 Å². The van der Waals surface area contributed by atoms with Crippen LogP contribution in [0.2, 0.25) is 0 Å². The lowest BCUT2D eigenvalue weighted by atomic mass is 9.80. The van der Waals surface area contributed by atoms with Crippen molar-refractivity contribution in [3.63, 3.8) is 0 Å². The Hall–Kier alpha value is -0.0400. The molecule has 2 atom stereocenters. The average molecular weight is 227 g/mol. The minimum atomic E-state index is 0.423. The molecule has 0 bridgehead atoms. The third kappa shape index (κ3) is 5.89. The third-order valence-corrected chi connectivity index (χ3v) is 3.85. The van der Waals surface area contributed by atoms with Gasteiger partial charge in [-0.05, 0) is 43.1 Å². The molecule has 0 aliphatic carbocycles. The Balaban J connectivity index is 4.05. The van der Waals surface area contributed by atoms with E-state index in [4.69, 9.17) is 0 Å². The first-order valence-electron chi connectivity index (χ1n) is 7.06. The standard InChI is InChI=1S/C15H33N/c1-8-14(15(6,7)9-2)16-11-13(5)10-12(3)4/h12-14,16H,8-11H2,1-7H3. The van der Waals surface area contributed by atoms with Crippen molar-refractivity contribution in [3.05, 3.63) is 0 Å². The van der Waals surface area contributed by atoms with E-state index in [2.05, 4.69) is 53.8 Å². The van der Waals surface area contributed by atoms with Crippen molar-refractivity contribution >= 4 is 0 Å². The molecule has 0 fully saturated rings. The number of hydrogen-bond donors (Lipinski definition) is 1. The van der Waals surface area contributed by atoms with Crippen LogP contribution in [0.5, 0.6) is 0 Å². The lowest BCUT2D eigenvalue weighted by Crippen LogP contribution is -2.43. The third-order valence-electron chi connectivity index (χ3n) is 3.85. The summed E-state index contributed by atoms with van der Waals surface area (Å²) in [6.07, 6.45) is 3.81. The molecule has 0 saturated heterocycles. The van der Waals surface area contributed by atoms with Crippen molar-refractivity contribution < 1.29 is 0 Å². The number of rotatable bonds is 8. The molecule has 0 rings (SSSR count). The van der Waals surface area contributed by atoms with Gasteiger partial charge in [0, 0.05) is 6.04 Å². The summed E-state index contributed by atoms with van der Waals surface area (Å²) in [7, 11) is 0. The van der Waals surface area contributed by atoms with E-state index in [1.807, 2.05) is 0 Å². The highest BCUT2D eigenvalue weighted by atomic mass is 14.9. The van der Waals surface area contributed by atoms with Gasteiger partial charge < -0.3 is 5.32 Å². The van der Waals surface area contributed by atoms with Crippen molar-refractivity contribution in [2.24, 2.45) is 17.3 Å². The molecule has 0 spiro atoms. The first-order chi connectivity index (χ1) is 7.33. The Kier molecular flexibility index (Phi) is 7.30. The molecule has 0 aliphatic rings. The van der Waals surface area contributed by atoms with Gasteiger partial charge in [0.25, 0.3) is 0 Å². The summed E-state index contributed by atoms with van der Waals surface area (Å²) in [5, 5.41) is 3.77. The summed E-state index contributed by atoms with van der Waals surface area (Å²) in [5.74, 6) is 1.61. The Morgan fingerprint density at radius 3 is 2.00 bits per heavy atom. The minimum absolute atomic E-state index is 0.423. The second-order valence-electron chi connectivity index (χ2n) is 6.45. The highest BCUT2D eigenvalue weighted by Crippen LogP contribution is 2.27. The summed E-state index contributed by atoms with van der Waals surface area (Å²) in [5.41, 5.74) is 0.423. The van der Waals surface area contributed by atoms with Gasteiger partial charge in [0.05, 0.1) is 0 Å². The van der Waals surface area contributed by atoms with Crippen LogP contribution in [-0.4, -0.2) is 12.6 Å². The van der Waals surface area contributed by atoms with Crippen LogP contribution >= 0.6 is 0 Å². The monoisotopic (exact) mass is 227 g/mol. The maximum atomic E-state index is 3.77. The molecular formula is C15H33N. The molecule has 0 aliphatic heterocycles. The highest BCUT2D eigenvalue weighted by Gasteiger charge is 2.25. The SMILES string of the molecule is CCC(NCC(C)CC(C)C)C(C)(C)CC. The lowest BCUT2D eigenvalue weighted by molar-refractivity contribution is 0.215. The zero-order chi connectivity index (χ0) is 12.8. The fourth-order valence-electron chi connectivity index (χ4n) is 2.45. The highest BCUT2D eigenvalue weighted by molar-refractivity contribution is 4.82. The van der Waals surface area contributed by atoms with Crippen LogP contribution in [0.4, 0.5) is 0 Å². The number of hydrogen-bond acceptors (Lipinski definition) is 1. The fourth-order valence-corrected chi connectivity index (χ4v) is 2.45. The van der Waals surface area contributed by atoms with Crippen LogP contribution in [0.3, 0.4) is 0 Å². The largest absolute Gasteiger partial charge is 0.313 e. The van der Waals surface area contributed by atoms with Gasteiger partial charge in [-0.1, -0.05) is 48.5 Å². The summed E-state index contributed by atoms with van der Waals surface area (Å²) in [4.78, 5) is 0. The minimum Gasteiger partial charge on any atom is -0.313 e. The summed E-state index contributed by atoms with van der Waals surface area (Å²) in [6, 6.07) is 0.659. The molecule has 0 aromatic heterocycles. The van der Waals surface area contributed by atoms with Crippen LogP contribution in [0.25, 0.3) is 0 Å². The average Bonchev–Trinajstić information content (AvgIpc) is 2.17. The van der Waals surface area contributed by atoms with E-state index in [1.165, 1.54) is 25.8 Å². The molecule has 0 aromatic carbocycles. The predicted octanol–water partition coefficient (Wildman–Crippen LogP) is 4.47. The van der Waals surface area contributed by atoms with Crippen LogP contribution in [-0.2, 0) is 0 Å². The van der Waals surface area contributed by atoms with Crippen LogP contribution in [0.15, 0.2) is 0 Å². The van der Waals surface area contributed by atoms with E-state index in [9.17, 15) is 0 Å². The molecule has 0 aromatic rings. The first kappa shape index (κ1) is 16.0. The summed E-state index contributed by atoms with van der Waals surface area (Å²) >= 11 is 0. The second-order valence-corrected chi connectivity index (χ2v) is 6.45. The zero-order valence-corrected chi connectivity index (χ0v) is 12.6. The van der Waals surface area contributed by atoms with Gasteiger partial charge in [-0.25, -0.2) is 0 Å². The summed E-state index contributed by atoms with van der Waals surface area (Å²) in [6.45, 7) is 17.5. The normalized spacial score (nSPS) is 16.5. The fraction of sp³-hybridized carbons (Fsp3) is 1.00. The molecule has 1 nitrogen and oxygen atoms in total. The van der Waals surface area contributed by atoms with Crippen molar-refractivity contribution in [2.45, 2.75) is 73.8 Å². The molecular weight excluding hydrogens is 194 g/mol. The van der Waals surface area contributed by atoms with Crippen LogP contribution in [0, 0.1) is 17.3 Å². The molecule has 1 N–H and O–H groups in total. The topological polar surface area (TPSA) is 12.0 Å². The van der Waals surface area contributed by atoms with E-state index in [0.29, 0.717) is 11.5 Å². The van der Waals surface area contributed by atoms with Crippen molar-refractivity contribution in [3.8, 4) is 0 Å². The van der Waals surface area contributed by atoms with E-state index < -0.39 is 0 Å². The van der Waals surface area contributed by atoms with Gasteiger partial charge in [-0.15, -0.1) is 0 Å². The molecule has 98 valence electrons. The Morgan fingerprint density at radius 1 is 1.06 bits per heavy atom. The molecule has 0 heterocycles. The van der Waals surface area contributed by atoms with E-state index in [1.54, 1.807) is 0 Å².